The van der Waals surface area contributed by atoms with E-state index in [0.29, 0.717) is 6.42 Å². The molecule has 0 saturated carbocycles. The van der Waals surface area contributed by atoms with E-state index in [4.69, 9.17) is 10.5 Å². The number of benzene rings is 1. The predicted molar refractivity (Wildman–Crippen MR) is 74.1 cm³/mol. The van der Waals surface area contributed by atoms with Crippen LogP contribution in [0.25, 0.3) is 0 Å². The smallest absolute Gasteiger partial charge is 0.422 e. The lowest BCUT2D eigenvalue weighted by Crippen LogP contribution is -2.29. The molecule has 0 bridgehead atoms. The van der Waals surface area contributed by atoms with Crippen molar-refractivity contribution in [2.75, 3.05) is 18.5 Å². The number of ether oxygens (including phenoxy) is 1. The average molecular weight is 304 g/mol. The van der Waals surface area contributed by atoms with Crippen LogP contribution in [-0.2, 0) is 4.79 Å². The minimum atomic E-state index is -4.43. The van der Waals surface area contributed by atoms with E-state index < -0.39 is 12.8 Å². The molecule has 0 aromatic heterocycles. The molecule has 1 aromatic rings. The van der Waals surface area contributed by atoms with Crippen LogP contribution in [0.3, 0.4) is 0 Å². The molecule has 0 fully saturated rings. The van der Waals surface area contributed by atoms with E-state index in [-0.39, 0.29) is 29.8 Å². The van der Waals surface area contributed by atoms with E-state index in [2.05, 4.69) is 5.32 Å². The molecule has 0 saturated heterocycles. The molecule has 1 atom stereocenters. The number of carbonyl (C=O) groups is 1. The maximum Gasteiger partial charge on any atom is 0.422 e. The van der Waals surface area contributed by atoms with Crippen molar-refractivity contribution < 1.29 is 22.7 Å². The third-order valence-corrected chi connectivity index (χ3v) is 2.83. The summed E-state index contributed by atoms with van der Waals surface area (Å²) in [5.74, 6) is -0.705. The zero-order valence-corrected chi connectivity index (χ0v) is 11.7. The van der Waals surface area contributed by atoms with Gasteiger partial charge < -0.3 is 15.8 Å². The first-order valence-electron chi connectivity index (χ1n) is 6.67. The highest BCUT2D eigenvalue weighted by molar-refractivity contribution is 5.94. The van der Waals surface area contributed by atoms with Gasteiger partial charge in [-0.15, -0.1) is 0 Å². The van der Waals surface area contributed by atoms with Gasteiger partial charge in [-0.3, -0.25) is 4.79 Å². The van der Waals surface area contributed by atoms with E-state index in [0.717, 1.165) is 6.42 Å². The van der Waals surface area contributed by atoms with E-state index in [1.54, 1.807) is 6.07 Å². The number of amides is 1. The van der Waals surface area contributed by atoms with Crippen molar-refractivity contribution in [2.45, 2.75) is 25.9 Å². The molecule has 0 radical (unpaired) electrons. The van der Waals surface area contributed by atoms with Crippen LogP contribution in [0.15, 0.2) is 24.3 Å². The Morgan fingerprint density at radius 1 is 1.38 bits per heavy atom. The molecule has 3 N–H and O–H groups in total. The van der Waals surface area contributed by atoms with Crippen LogP contribution < -0.4 is 15.8 Å². The second kappa shape index (κ2) is 7.87. The summed E-state index contributed by atoms with van der Waals surface area (Å²) in [6, 6.07) is 6.00. The summed E-state index contributed by atoms with van der Waals surface area (Å²) in [4.78, 5) is 12.0. The molecule has 1 aromatic carbocycles. The molecule has 1 rings (SSSR count). The van der Waals surface area contributed by atoms with Gasteiger partial charge >= 0.3 is 6.18 Å². The number of rotatable bonds is 7. The standard InChI is InChI=1S/C14H19F3N2O2/c1-2-5-10(8-18)13(20)19-11-6-3-4-7-12(11)21-9-14(15,16)17/h3-4,6-7,10H,2,5,8-9,18H2,1H3,(H,19,20). The monoisotopic (exact) mass is 304 g/mol. The fourth-order valence-corrected chi connectivity index (χ4v) is 1.79. The quantitative estimate of drug-likeness (QED) is 0.814. The Labute approximate surface area is 121 Å². The summed E-state index contributed by atoms with van der Waals surface area (Å²) >= 11 is 0. The number of anilines is 1. The van der Waals surface area contributed by atoms with Crippen LogP contribution in [0.1, 0.15) is 19.8 Å². The van der Waals surface area contributed by atoms with Crippen LogP contribution in [0.5, 0.6) is 5.75 Å². The molecule has 0 heterocycles. The minimum Gasteiger partial charge on any atom is -0.482 e. The van der Waals surface area contributed by atoms with E-state index >= 15 is 0 Å². The first-order chi connectivity index (χ1) is 9.87. The highest BCUT2D eigenvalue weighted by atomic mass is 19.4. The largest absolute Gasteiger partial charge is 0.482 e. The van der Waals surface area contributed by atoms with E-state index in [9.17, 15) is 18.0 Å². The molecule has 0 aliphatic carbocycles. The van der Waals surface area contributed by atoms with Gasteiger partial charge in [-0.25, -0.2) is 0 Å². The Kier molecular flexibility index (Phi) is 6.48. The number of hydrogen-bond acceptors (Lipinski definition) is 3. The summed E-state index contributed by atoms with van der Waals surface area (Å²) < 4.78 is 41.3. The number of halogens is 3. The molecule has 21 heavy (non-hydrogen) atoms. The molecule has 0 aliphatic rings. The first-order valence-corrected chi connectivity index (χ1v) is 6.67. The fourth-order valence-electron chi connectivity index (χ4n) is 1.79. The lowest BCUT2D eigenvalue weighted by molar-refractivity contribution is -0.153. The second-order valence-corrected chi connectivity index (χ2v) is 4.61. The Balaban J connectivity index is 2.76. The SMILES string of the molecule is CCCC(CN)C(=O)Nc1ccccc1OCC(F)(F)F. The summed E-state index contributed by atoms with van der Waals surface area (Å²) in [6.07, 6.45) is -3.02. The maximum atomic E-state index is 12.2. The topological polar surface area (TPSA) is 64.4 Å². The molecule has 1 unspecified atom stereocenters. The van der Waals surface area contributed by atoms with Gasteiger partial charge in [-0.2, -0.15) is 13.2 Å². The minimum absolute atomic E-state index is 0.0181. The second-order valence-electron chi connectivity index (χ2n) is 4.61. The van der Waals surface area contributed by atoms with Crippen molar-refractivity contribution in [3.05, 3.63) is 24.3 Å². The lowest BCUT2D eigenvalue weighted by atomic mass is 10.0. The lowest BCUT2D eigenvalue weighted by Gasteiger charge is -2.17. The molecule has 0 aliphatic heterocycles. The summed E-state index contributed by atoms with van der Waals surface area (Å²) in [7, 11) is 0. The molecule has 118 valence electrons. The number of hydrogen-bond donors (Lipinski definition) is 2. The predicted octanol–water partition coefficient (Wildman–Crippen LogP) is 2.94. The number of para-hydroxylation sites is 2. The van der Waals surface area contributed by atoms with Gasteiger partial charge in [-0.1, -0.05) is 25.5 Å². The molecular formula is C14H19F3N2O2. The van der Waals surface area contributed by atoms with Gasteiger partial charge in [-0.05, 0) is 18.6 Å². The molecular weight excluding hydrogens is 285 g/mol. The Bertz CT molecular complexity index is 464. The van der Waals surface area contributed by atoms with Crippen LogP contribution >= 0.6 is 0 Å². The summed E-state index contributed by atoms with van der Waals surface area (Å²) in [6.45, 7) is 0.705. The number of nitrogens with two attached hydrogens (primary N) is 1. The van der Waals surface area contributed by atoms with Crippen molar-refractivity contribution >= 4 is 11.6 Å². The Morgan fingerprint density at radius 2 is 2.05 bits per heavy atom. The van der Waals surface area contributed by atoms with Gasteiger partial charge in [0.2, 0.25) is 5.91 Å². The van der Waals surface area contributed by atoms with Crippen LogP contribution in [0.4, 0.5) is 18.9 Å². The van der Waals surface area contributed by atoms with Crippen molar-refractivity contribution in [2.24, 2.45) is 11.7 Å². The normalized spacial score (nSPS) is 12.8. The number of alkyl halides is 3. The van der Waals surface area contributed by atoms with Crippen molar-refractivity contribution in [3.63, 3.8) is 0 Å². The fraction of sp³-hybridized carbons (Fsp3) is 0.500. The van der Waals surface area contributed by atoms with Crippen molar-refractivity contribution in [1.29, 1.82) is 0 Å². The van der Waals surface area contributed by atoms with Crippen LogP contribution in [0, 0.1) is 5.92 Å². The summed E-state index contributed by atoms with van der Waals surface area (Å²) in [5.41, 5.74) is 5.74. The van der Waals surface area contributed by atoms with Gasteiger partial charge in [0.1, 0.15) is 5.75 Å². The highest BCUT2D eigenvalue weighted by Crippen LogP contribution is 2.27. The van der Waals surface area contributed by atoms with Gasteiger partial charge in [0, 0.05) is 6.54 Å². The third-order valence-electron chi connectivity index (χ3n) is 2.83. The zero-order valence-electron chi connectivity index (χ0n) is 11.7. The number of carbonyl (C=O) groups excluding carboxylic acids is 1. The molecule has 0 spiro atoms. The Morgan fingerprint density at radius 3 is 2.62 bits per heavy atom. The molecule has 7 heteroatoms. The van der Waals surface area contributed by atoms with E-state index in [1.807, 2.05) is 6.92 Å². The van der Waals surface area contributed by atoms with Crippen molar-refractivity contribution in [1.82, 2.24) is 0 Å². The summed E-state index contributed by atoms with van der Waals surface area (Å²) in [5, 5.41) is 2.57. The van der Waals surface area contributed by atoms with Crippen molar-refractivity contribution in [3.8, 4) is 5.75 Å². The van der Waals surface area contributed by atoms with Crippen LogP contribution in [-0.4, -0.2) is 25.2 Å². The Hall–Kier alpha value is -1.76. The third kappa shape index (κ3) is 6.03. The maximum absolute atomic E-state index is 12.2. The highest BCUT2D eigenvalue weighted by Gasteiger charge is 2.29. The number of nitrogens with one attached hydrogen (secondary N) is 1. The molecule has 1 amide bonds. The first kappa shape index (κ1) is 17.3. The van der Waals surface area contributed by atoms with E-state index in [1.165, 1.54) is 18.2 Å². The van der Waals surface area contributed by atoms with Gasteiger partial charge in [0.05, 0.1) is 11.6 Å². The van der Waals surface area contributed by atoms with Gasteiger partial charge in [0.25, 0.3) is 0 Å². The molecule has 4 nitrogen and oxygen atoms in total. The van der Waals surface area contributed by atoms with Gasteiger partial charge in [0.15, 0.2) is 6.61 Å². The van der Waals surface area contributed by atoms with Crippen LogP contribution in [0.2, 0.25) is 0 Å². The average Bonchev–Trinajstić information content (AvgIpc) is 2.42. The zero-order chi connectivity index (χ0) is 15.9.